The van der Waals surface area contributed by atoms with Crippen LogP contribution in [0, 0.1) is 0 Å². The molecular formula is C16H14ClNO5. The number of carboxylic acid groups (broad SMARTS) is 1. The number of anilines is 1. The molecule has 120 valence electrons. The van der Waals surface area contributed by atoms with Crippen LogP contribution >= 0.6 is 11.6 Å². The minimum Gasteiger partial charge on any atom is -0.493 e. The first kappa shape index (κ1) is 16.6. The highest BCUT2D eigenvalue weighted by Crippen LogP contribution is 2.28. The van der Waals surface area contributed by atoms with Crippen LogP contribution in [-0.2, 0) is 4.79 Å². The van der Waals surface area contributed by atoms with Crippen molar-refractivity contribution in [1.29, 1.82) is 0 Å². The van der Waals surface area contributed by atoms with Gasteiger partial charge in [0.25, 0.3) is 5.91 Å². The number of amides is 1. The average molecular weight is 336 g/mol. The van der Waals surface area contributed by atoms with E-state index in [1.165, 1.54) is 25.3 Å². The number of methoxy groups -OCH3 is 1. The van der Waals surface area contributed by atoms with Crippen molar-refractivity contribution in [3.05, 3.63) is 53.1 Å². The molecule has 0 aliphatic heterocycles. The van der Waals surface area contributed by atoms with Gasteiger partial charge in [-0.1, -0.05) is 17.7 Å². The van der Waals surface area contributed by atoms with Gasteiger partial charge in [0.1, 0.15) is 0 Å². The van der Waals surface area contributed by atoms with Gasteiger partial charge in [0.05, 0.1) is 12.7 Å². The molecule has 6 nitrogen and oxygen atoms in total. The summed E-state index contributed by atoms with van der Waals surface area (Å²) in [6.45, 7) is -0.255. The molecule has 23 heavy (non-hydrogen) atoms. The molecule has 2 N–H and O–H groups in total. The fourth-order valence-electron chi connectivity index (χ4n) is 1.83. The molecule has 2 aromatic carbocycles. The van der Waals surface area contributed by atoms with Crippen molar-refractivity contribution in [3.8, 4) is 11.5 Å². The molecule has 2 rings (SSSR count). The fraction of sp³-hybridized carbons (Fsp3) is 0.125. The predicted octanol–water partition coefficient (Wildman–Crippen LogP) is 3.06. The molecule has 0 heterocycles. The Morgan fingerprint density at radius 1 is 1.17 bits per heavy atom. The summed E-state index contributed by atoms with van der Waals surface area (Å²) < 4.78 is 10.4. The van der Waals surface area contributed by atoms with Gasteiger partial charge in [-0.15, -0.1) is 0 Å². The zero-order valence-corrected chi connectivity index (χ0v) is 13.0. The van der Waals surface area contributed by atoms with Crippen LogP contribution in [0.3, 0.4) is 0 Å². The first-order valence-electron chi connectivity index (χ1n) is 6.59. The van der Waals surface area contributed by atoms with E-state index in [1.54, 1.807) is 24.3 Å². The number of carbonyl (C=O) groups is 2. The summed E-state index contributed by atoms with van der Waals surface area (Å²) in [7, 11) is 1.39. The quantitative estimate of drug-likeness (QED) is 0.847. The summed E-state index contributed by atoms with van der Waals surface area (Å²) in [6, 6.07) is 10.9. The molecule has 0 aromatic heterocycles. The monoisotopic (exact) mass is 335 g/mol. The number of rotatable bonds is 6. The van der Waals surface area contributed by atoms with Crippen molar-refractivity contribution in [3.63, 3.8) is 0 Å². The van der Waals surface area contributed by atoms with E-state index >= 15 is 0 Å². The van der Waals surface area contributed by atoms with E-state index < -0.39 is 5.97 Å². The maximum Gasteiger partial charge on any atom is 0.335 e. The van der Waals surface area contributed by atoms with Crippen LogP contribution in [0.2, 0.25) is 5.02 Å². The van der Waals surface area contributed by atoms with Crippen LogP contribution in [-0.4, -0.2) is 30.7 Å². The fourth-order valence-corrected chi connectivity index (χ4v) is 2.02. The maximum absolute atomic E-state index is 11.9. The van der Waals surface area contributed by atoms with Gasteiger partial charge in [-0.2, -0.15) is 0 Å². The Balaban J connectivity index is 2.00. The van der Waals surface area contributed by atoms with Crippen molar-refractivity contribution < 1.29 is 24.2 Å². The number of benzene rings is 2. The molecule has 0 atom stereocenters. The standard InChI is InChI=1S/C16H14ClNO5/c1-22-14-7-10(16(20)21)5-6-13(14)23-9-15(19)18-12-4-2-3-11(17)8-12/h2-8H,9H2,1H3,(H,18,19)(H,20,21). The van der Waals surface area contributed by atoms with E-state index in [9.17, 15) is 9.59 Å². The largest absolute Gasteiger partial charge is 0.493 e. The minimum atomic E-state index is -1.08. The summed E-state index contributed by atoms with van der Waals surface area (Å²) >= 11 is 5.83. The average Bonchev–Trinajstić information content (AvgIpc) is 2.52. The second-order valence-corrected chi connectivity index (χ2v) is 4.95. The Morgan fingerprint density at radius 3 is 2.61 bits per heavy atom. The van der Waals surface area contributed by atoms with E-state index in [4.69, 9.17) is 26.2 Å². The molecule has 7 heteroatoms. The van der Waals surface area contributed by atoms with E-state index in [2.05, 4.69) is 5.32 Å². The summed E-state index contributed by atoms with van der Waals surface area (Å²) in [5.41, 5.74) is 0.622. The summed E-state index contributed by atoms with van der Waals surface area (Å²) in [5.74, 6) is -0.940. The minimum absolute atomic E-state index is 0.0672. The first-order valence-corrected chi connectivity index (χ1v) is 6.97. The molecular weight excluding hydrogens is 322 g/mol. The zero-order valence-electron chi connectivity index (χ0n) is 12.2. The van der Waals surface area contributed by atoms with Crippen molar-refractivity contribution in [2.45, 2.75) is 0 Å². The number of aromatic carboxylic acids is 1. The lowest BCUT2D eigenvalue weighted by Crippen LogP contribution is -2.20. The van der Waals surface area contributed by atoms with Crippen LogP contribution in [0.1, 0.15) is 10.4 Å². The maximum atomic E-state index is 11.9. The van der Waals surface area contributed by atoms with E-state index in [1.807, 2.05) is 0 Å². The molecule has 0 unspecified atom stereocenters. The Kier molecular flexibility index (Phi) is 5.43. The Bertz CT molecular complexity index is 732. The molecule has 0 aliphatic carbocycles. The molecule has 0 aliphatic rings. The van der Waals surface area contributed by atoms with E-state index in [-0.39, 0.29) is 29.6 Å². The van der Waals surface area contributed by atoms with Crippen molar-refractivity contribution in [2.75, 3.05) is 19.0 Å². The Labute approximate surface area is 137 Å². The van der Waals surface area contributed by atoms with Gasteiger partial charge in [0.15, 0.2) is 18.1 Å². The van der Waals surface area contributed by atoms with E-state index in [0.29, 0.717) is 10.7 Å². The Hall–Kier alpha value is -2.73. The molecule has 0 radical (unpaired) electrons. The van der Waals surface area contributed by atoms with Crippen LogP contribution in [0.25, 0.3) is 0 Å². The number of carboxylic acids is 1. The lowest BCUT2D eigenvalue weighted by atomic mass is 10.2. The second-order valence-electron chi connectivity index (χ2n) is 4.52. The molecule has 0 fully saturated rings. The smallest absolute Gasteiger partial charge is 0.335 e. The Morgan fingerprint density at radius 2 is 1.96 bits per heavy atom. The van der Waals surface area contributed by atoms with Crippen LogP contribution in [0.15, 0.2) is 42.5 Å². The number of hydrogen-bond acceptors (Lipinski definition) is 4. The second kappa shape index (κ2) is 7.51. The third-order valence-electron chi connectivity index (χ3n) is 2.88. The molecule has 0 saturated carbocycles. The lowest BCUT2D eigenvalue weighted by Gasteiger charge is -2.11. The number of carbonyl (C=O) groups excluding carboxylic acids is 1. The van der Waals surface area contributed by atoms with Crippen LogP contribution in [0.4, 0.5) is 5.69 Å². The predicted molar refractivity (Wildman–Crippen MR) is 85.5 cm³/mol. The molecule has 2 aromatic rings. The lowest BCUT2D eigenvalue weighted by molar-refractivity contribution is -0.118. The number of halogens is 1. The van der Waals surface area contributed by atoms with Crippen LogP contribution < -0.4 is 14.8 Å². The van der Waals surface area contributed by atoms with Gasteiger partial charge >= 0.3 is 5.97 Å². The normalized spacial score (nSPS) is 10.0. The molecule has 0 spiro atoms. The highest BCUT2D eigenvalue weighted by Gasteiger charge is 2.11. The zero-order chi connectivity index (χ0) is 16.8. The van der Waals surface area contributed by atoms with Crippen molar-refractivity contribution >= 4 is 29.2 Å². The molecule has 0 bridgehead atoms. The number of ether oxygens (including phenoxy) is 2. The summed E-state index contributed by atoms with van der Waals surface area (Å²) in [6.07, 6.45) is 0. The number of nitrogens with one attached hydrogen (secondary N) is 1. The van der Waals surface area contributed by atoms with Crippen molar-refractivity contribution in [2.24, 2.45) is 0 Å². The van der Waals surface area contributed by atoms with Gasteiger partial charge in [-0.05, 0) is 36.4 Å². The van der Waals surface area contributed by atoms with Gasteiger partial charge in [-0.3, -0.25) is 4.79 Å². The molecule has 1 amide bonds. The van der Waals surface area contributed by atoms with Crippen molar-refractivity contribution in [1.82, 2.24) is 0 Å². The third-order valence-corrected chi connectivity index (χ3v) is 3.11. The van der Waals surface area contributed by atoms with Gasteiger partial charge in [-0.25, -0.2) is 4.79 Å². The summed E-state index contributed by atoms with van der Waals surface area (Å²) in [5, 5.41) is 12.1. The topological polar surface area (TPSA) is 84.9 Å². The highest BCUT2D eigenvalue weighted by molar-refractivity contribution is 6.30. The summed E-state index contributed by atoms with van der Waals surface area (Å²) in [4.78, 5) is 22.8. The van der Waals surface area contributed by atoms with Gasteiger partial charge in [0, 0.05) is 10.7 Å². The number of hydrogen-bond donors (Lipinski definition) is 2. The van der Waals surface area contributed by atoms with Gasteiger partial charge in [0.2, 0.25) is 0 Å². The van der Waals surface area contributed by atoms with Gasteiger partial charge < -0.3 is 19.9 Å². The first-order chi connectivity index (χ1) is 11.0. The molecule has 0 saturated heterocycles. The SMILES string of the molecule is COc1cc(C(=O)O)ccc1OCC(=O)Nc1cccc(Cl)c1. The van der Waals surface area contributed by atoms with Crippen LogP contribution in [0.5, 0.6) is 11.5 Å². The van der Waals surface area contributed by atoms with E-state index in [0.717, 1.165) is 0 Å². The third kappa shape index (κ3) is 4.62. The highest BCUT2D eigenvalue weighted by atomic mass is 35.5.